The van der Waals surface area contributed by atoms with Gasteiger partial charge in [-0.05, 0) is 31.3 Å². The number of carbonyl (C=O) groups excluding carboxylic acids is 1. The highest BCUT2D eigenvalue weighted by atomic mass is 16.1. The molecule has 2 aliphatic rings. The fourth-order valence-corrected chi connectivity index (χ4v) is 2.21. The number of allylic oxidation sites excluding steroid dienone is 2. The molecule has 0 spiro atoms. The second kappa shape index (κ2) is 1.94. The van der Waals surface area contributed by atoms with Crippen molar-refractivity contribution in [2.45, 2.75) is 26.2 Å². The van der Waals surface area contributed by atoms with Crippen LogP contribution in [0, 0.1) is 11.8 Å². The van der Waals surface area contributed by atoms with Gasteiger partial charge in [-0.3, -0.25) is 4.79 Å². The summed E-state index contributed by atoms with van der Waals surface area (Å²) in [6.07, 6.45) is 5.80. The van der Waals surface area contributed by atoms with Crippen molar-refractivity contribution in [3.8, 4) is 0 Å². The Morgan fingerprint density at radius 1 is 1.50 bits per heavy atom. The van der Waals surface area contributed by atoms with Crippen molar-refractivity contribution in [2.75, 3.05) is 0 Å². The van der Waals surface area contributed by atoms with Crippen LogP contribution in [0.25, 0.3) is 0 Å². The molecule has 0 aromatic carbocycles. The van der Waals surface area contributed by atoms with Gasteiger partial charge in [0.05, 0.1) is 0 Å². The van der Waals surface area contributed by atoms with E-state index in [-0.39, 0.29) is 0 Å². The van der Waals surface area contributed by atoms with E-state index in [4.69, 9.17) is 0 Å². The maximum Gasteiger partial charge on any atom is 0.161 e. The Morgan fingerprint density at radius 2 is 2.30 bits per heavy atom. The Bertz CT molecular complexity index is 203. The van der Waals surface area contributed by atoms with E-state index >= 15 is 0 Å². The Hall–Kier alpha value is -0.590. The van der Waals surface area contributed by atoms with Crippen LogP contribution in [0.15, 0.2) is 11.6 Å². The minimum atomic E-state index is 0.389. The van der Waals surface area contributed by atoms with E-state index in [0.717, 1.165) is 12.0 Å². The fourth-order valence-electron chi connectivity index (χ4n) is 2.21. The second-order valence-corrected chi connectivity index (χ2v) is 3.42. The zero-order valence-electron chi connectivity index (χ0n) is 6.26. The standard InChI is InChI=1S/C9H12O/c1-6-5-7-3-2-4-8(7)9(6)10/h5,7-8H,2-4H2,1H3/t7-,8-/m0/s1. The van der Waals surface area contributed by atoms with Crippen molar-refractivity contribution in [1.82, 2.24) is 0 Å². The minimum absolute atomic E-state index is 0.389. The van der Waals surface area contributed by atoms with Crippen LogP contribution in [0.1, 0.15) is 26.2 Å². The Kier molecular flexibility index (Phi) is 1.19. The Labute approximate surface area is 61.1 Å². The lowest BCUT2D eigenvalue weighted by Gasteiger charge is -2.03. The van der Waals surface area contributed by atoms with Crippen molar-refractivity contribution < 1.29 is 4.79 Å². The van der Waals surface area contributed by atoms with E-state index in [1.807, 2.05) is 6.92 Å². The van der Waals surface area contributed by atoms with E-state index in [1.54, 1.807) is 0 Å². The van der Waals surface area contributed by atoms with Crippen molar-refractivity contribution >= 4 is 5.78 Å². The monoisotopic (exact) mass is 136 g/mol. The first-order chi connectivity index (χ1) is 4.79. The zero-order chi connectivity index (χ0) is 7.14. The molecular weight excluding hydrogens is 124 g/mol. The summed E-state index contributed by atoms with van der Waals surface area (Å²) in [5.41, 5.74) is 1.01. The Morgan fingerprint density at radius 3 is 3.00 bits per heavy atom. The van der Waals surface area contributed by atoms with E-state index < -0.39 is 0 Å². The van der Waals surface area contributed by atoms with Crippen molar-refractivity contribution in [3.05, 3.63) is 11.6 Å². The van der Waals surface area contributed by atoms with Crippen LogP contribution in [0.5, 0.6) is 0 Å². The first kappa shape index (κ1) is 6.14. The van der Waals surface area contributed by atoms with Gasteiger partial charge in [0.25, 0.3) is 0 Å². The fraction of sp³-hybridized carbons (Fsp3) is 0.667. The van der Waals surface area contributed by atoms with Crippen LogP contribution < -0.4 is 0 Å². The summed E-state index contributed by atoms with van der Waals surface area (Å²) in [7, 11) is 0. The van der Waals surface area contributed by atoms with Crippen molar-refractivity contribution in [2.24, 2.45) is 11.8 Å². The van der Waals surface area contributed by atoms with Crippen molar-refractivity contribution in [3.63, 3.8) is 0 Å². The average Bonchev–Trinajstić information content (AvgIpc) is 2.41. The average molecular weight is 136 g/mol. The molecule has 0 aliphatic heterocycles. The summed E-state index contributed by atoms with van der Waals surface area (Å²) in [5, 5.41) is 0. The lowest BCUT2D eigenvalue weighted by Crippen LogP contribution is -2.10. The van der Waals surface area contributed by atoms with Crippen LogP contribution in [0.2, 0.25) is 0 Å². The number of hydrogen-bond donors (Lipinski definition) is 0. The molecule has 1 heteroatoms. The number of fused-ring (bicyclic) bond motifs is 1. The molecule has 54 valence electrons. The van der Waals surface area contributed by atoms with E-state index in [1.165, 1.54) is 12.8 Å². The molecule has 2 atom stereocenters. The van der Waals surface area contributed by atoms with Gasteiger partial charge >= 0.3 is 0 Å². The molecule has 1 nitrogen and oxygen atoms in total. The molecule has 0 amide bonds. The van der Waals surface area contributed by atoms with Gasteiger partial charge in [-0.25, -0.2) is 0 Å². The van der Waals surface area contributed by atoms with Crippen LogP contribution in [-0.2, 0) is 4.79 Å². The summed E-state index contributed by atoms with van der Waals surface area (Å²) in [5.74, 6) is 1.43. The molecule has 0 bridgehead atoms. The van der Waals surface area contributed by atoms with E-state index in [0.29, 0.717) is 17.6 Å². The highest BCUT2D eigenvalue weighted by Crippen LogP contribution is 2.39. The molecule has 0 N–H and O–H groups in total. The van der Waals surface area contributed by atoms with Crippen LogP contribution >= 0.6 is 0 Å². The summed E-state index contributed by atoms with van der Waals surface area (Å²) >= 11 is 0. The molecule has 0 unspecified atom stereocenters. The molecular formula is C9H12O. The third-order valence-electron chi connectivity index (χ3n) is 2.76. The van der Waals surface area contributed by atoms with Gasteiger partial charge in [-0.1, -0.05) is 12.5 Å². The van der Waals surface area contributed by atoms with Gasteiger partial charge in [0, 0.05) is 5.92 Å². The lowest BCUT2D eigenvalue weighted by molar-refractivity contribution is -0.118. The molecule has 2 rings (SSSR count). The molecule has 0 radical (unpaired) electrons. The normalized spacial score (nSPS) is 38.1. The molecule has 1 saturated carbocycles. The van der Waals surface area contributed by atoms with Crippen LogP contribution in [0.4, 0.5) is 0 Å². The van der Waals surface area contributed by atoms with Gasteiger partial charge in [0.2, 0.25) is 0 Å². The quantitative estimate of drug-likeness (QED) is 0.497. The highest BCUT2D eigenvalue weighted by molar-refractivity contribution is 5.99. The number of carbonyl (C=O) groups is 1. The second-order valence-electron chi connectivity index (χ2n) is 3.42. The molecule has 10 heavy (non-hydrogen) atoms. The number of hydrogen-bond acceptors (Lipinski definition) is 1. The summed E-state index contributed by atoms with van der Waals surface area (Å²) in [6, 6.07) is 0. The summed E-state index contributed by atoms with van der Waals surface area (Å²) in [4.78, 5) is 11.3. The molecule has 0 aromatic rings. The minimum Gasteiger partial charge on any atom is -0.294 e. The molecule has 0 aromatic heterocycles. The maximum absolute atomic E-state index is 11.3. The lowest BCUT2D eigenvalue weighted by atomic mass is 9.99. The van der Waals surface area contributed by atoms with Gasteiger partial charge in [-0.15, -0.1) is 0 Å². The maximum atomic E-state index is 11.3. The summed E-state index contributed by atoms with van der Waals surface area (Å²) < 4.78 is 0. The first-order valence-electron chi connectivity index (χ1n) is 4.01. The predicted molar refractivity (Wildman–Crippen MR) is 39.6 cm³/mol. The SMILES string of the molecule is CC1=C[C@@H]2CCC[C@@H]2C1=O. The third kappa shape index (κ3) is 0.664. The van der Waals surface area contributed by atoms with E-state index in [2.05, 4.69) is 6.08 Å². The summed E-state index contributed by atoms with van der Waals surface area (Å²) in [6.45, 7) is 1.95. The number of rotatable bonds is 0. The largest absolute Gasteiger partial charge is 0.294 e. The van der Waals surface area contributed by atoms with Crippen LogP contribution in [-0.4, -0.2) is 5.78 Å². The molecule has 0 saturated heterocycles. The molecule has 1 fully saturated rings. The molecule has 0 heterocycles. The van der Waals surface area contributed by atoms with Gasteiger partial charge in [0.1, 0.15) is 0 Å². The number of Topliss-reactive ketones (excluding diaryl/α,β-unsaturated/α-hetero) is 1. The van der Waals surface area contributed by atoms with Gasteiger partial charge < -0.3 is 0 Å². The smallest absolute Gasteiger partial charge is 0.161 e. The Balaban J connectivity index is 2.28. The van der Waals surface area contributed by atoms with Gasteiger partial charge in [-0.2, -0.15) is 0 Å². The zero-order valence-corrected chi connectivity index (χ0v) is 6.26. The topological polar surface area (TPSA) is 17.1 Å². The van der Waals surface area contributed by atoms with E-state index in [9.17, 15) is 4.79 Å². The van der Waals surface area contributed by atoms with Gasteiger partial charge in [0.15, 0.2) is 5.78 Å². The number of ketones is 1. The third-order valence-corrected chi connectivity index (χ3v) is 2.76. The highest BCUT2D eigenvalue weighted by Gasteiger charge is 2.36. The molecule has 2 aliphatic carbocycles. The van der Waals surface area contributed by atoms with Crippen LogP contribution in [0.3, 0.4) is 0 Å². The van der Waals surface area contributed by atoms with Crippen molar-refractivity contribution in [1.29, 1.82) is 0 Å². The first-order valence-corrected chi connectivity index (χ1v) is 4.01. The predicted octanol–water partition coefficient (Wildman–Crippen LogP) is 1.93.